The van der Waals surface area contributed by atoms with Crippen LogP contribution in [0, 0.1) is 0 Å². The third-order valence-corrected chi connectivity index (χ3v) is 6.44. The SMILES string of the molecule is CCc1ccc(C2NC(=S)N(CCOC)C(C)=C2c2nc(-c3cccs3)no2)cc1. The van der Waals surface area contributed by atoms with E-state index in [-0.39, 0.29) is 6.04 Å². The first-order chi connectivity index (χ1) is 14.6. The van der Waals surface area contributed by atoms with E-state index in [1.807, 2.05) is 29.3 Å². The Labute approximate surface area is 185 Å². The molecule has 3 aromatic rings. The van der Waals surface area contributed by atoms with Gasteiger partial charge in [-0.25, -0.2) is 0 Å². The lowest BCUT2D eigenvalue weighted by Crippen LogP contribution is -2.47. The maximum absolute atomic E-state index is 5.73. The van der Waals surface area contributed by atoms with Crippen LogP contribution in [0.1, 0.15) is 36.9 Å². The van der Waals surface area contributed by atoms with Crippen LogP contribution in [-0.4, -0.2) is 40.4 Å². The van der Waals surface area contributed by atoms with Crippen LogP contribution in [0.3, 0.4) is 0 Å². The molecule has 1 aromatic carbocycles. The average molecular weight is 441 g/mol. The lowest BCUT2D eigenvalue weighted by molar-refractivity contribution is 0.183. The molecule has 3 heterocycles. The zero-order valence-electron chi connectivity index (χ0n) is 17.2. The second-order valence-corrected chi connectivity index (χ2v) is 8.36. The largest absolute Gasteiger partial charge is 0.383 e. The molecule has 30 heavy (non-hydrogen) atoms. The number of thiophene rings is 1. The quantitative estimate of drug-likeness (QED) is 0.536. The number of nitrogens with zero attached hydrogens (tertiary/aromatic N) is 3. The molecule has 1 unspecified atom stereocenters. The number of hydrogen-bond acceptors (Lipinski definition) is 6. The second-order valence-electron chi connectivity index (χ2n) is 7.02. The van der Waals surface area contributed by atoms with E-state index in [9.17, 15) is 0 Å². The Bertz CT molecular complexity index is 1040. The molecule has 1 aliphatic rings. The number of aryl methyl sites for hydroxylation is 1. The first-order valence-electron chi connectivity index (χ1n) is 9.87. The van der Waals surface area contributed by atoms with Crippen molar-refractivity contribution in [3.8, 4) is 10.7 Å². The number of hydrogen-bond donors (Lipinski definition) is 1. The van der Waals surface area contributed by atoms with E-state index in [0.717, 1.165) is 28.1 Å². The Morgan fingerprint density at radius 1 is 1.27 bits per heavy atom. The highest BCUT2D eigenvalue weighted by atomic mass is 32.1. The molecule has 1 N–H and O–H groups in total. The molecule has 0 spiro atoms. The first-order valence-corrected chi connectivity index (χ1v) is 11.2. The van der Waals surface area contributed by atoms with Crippen LogP contribution in [0.25, 0.3) is 16.3 Å². The predicted molar refractivity (Wildman–Crippen MR) is 123 cm³/mol. The Morgan fingerprint density at radius 3 is 2.73 bits per heavy atom. The van der Waals surface area contributed by atoms with Gasteiger partial charge in [-0.1, -0.05) is 42.4 Å². The molecule has 0 radical (unpaired) electrons. The fourth-order valence-electron chi connectivity index (χ4n) is 3.54. The summed E-state index contributed by atoms with van der Waals surface area (Å²) in [7, 11) is 1.68. The maximum Gasteiger partial charge on any atom is 0.258 e. The Kier molecular flexibility index (Phi) is 6.26. The van der Waals surface area contributed by atoms with Crippen molar-refractivity contribution in [1.82, 2.24) is 20.4 Å². The standard InChI is InChI=1S/C22H24N4O2S2/c1-4-15-7-9-16(10-8-15)19-18(14(2)26(11-12-27-3)22(29)23-19)21-24-20(25-28-21)17-6-5-13-30-17/h5-10,13,19H,4,11-12H2,1-3H3,(H,23,29). The summed E-state index contributed by atoms with van der Waals surface area (Å²) in [6, 6.07) is 12.4. The van der Waals surface area contributed by atoms with Crippen molar-refractivity contribution in [2.75, 3.05) is 20.3 Å². The molecule has 1 atom stereocenters. The van der Waals surface area contributed by atoms with Crippen LogP contribution in [0.15, 0.2) is 52.0 Å². The van der Waals surface area contributed by atoms with Gasteiger partial charge in [0.05, 0.1) is 23.1 Å². The lowest BCUT2D eigenvalue weighted by Gasteiger charge is -2.37. The minimum atomic E-state index is -0.168. The van der Waals surface area contributed by atoms with E-state index < -0.39 is 0 Å². The molecule has 4 rings (SSSR count). The number of aromatic nitrogens is 2. The van der Waals surface area contributed by atoms with Crippen LogP contribution in [0.5, 0.6) is 0 Å². The Hall–Kier alpha value is -2.55. The number of benzene rings is 1. The number of ether oxygens (including phenoxy) is 1. The van der Waals surface area contributed by atoms with Gasteiger partial charge in [0.1, 0.15) is 0 Å². The molecular formula is C22H24N4O2S2. The van der Waals surface area contributed by atoms with Crippen LogP contribution < -0.4 is 5.32 Å². The van der Waals surface area contributed by atoms with Gasteiger partial charge in [-0.15, -0.1) is 11.3 Å². The van der Waals surface area contributed by atoms with E-state index in [2.05, 4.69) is 41.7 Å². The smallest absolute Gasteiger partial charge is 0.258 e. The average Bonchev–Trinajstić information content (AvgIpc) is 3.45. The molecule has 0 bridgehead atoms. The molecular weight excluding hydrogens is 416 g/mol. The fourth-order valence-corrected chi connectivity index (χ4v) is 4.54. The highest BCUT2D eigenvalue weighted by Crippen LogP contribution is 2.37. The van der Waals surface area contributed by atoms with Gasteiger partial charge in [0, 0.05) is 19.4 Å². The maximum atomic E-state index is 5.73. The van der Waals surface area contributed by atoms with E-state index in [4.69, 9.17) is 26.5 Å². The lowest BCUT2D eigenvalue weighted by atomic mass is 9.94. The van der Waals surface area contributed by atoms with Gasteiger partial charge in [0.2, 0.25) is 5.82 Å². The van der Waals surface area contributed by atoms with Crippen LogP contribution >= 0.6 is 23.6 Å². The van der Waals surface area contributed by atoms with Crippen molar-refractivity contribution in [1.29, 1.82) is 0 Å². The summed E-state index contributed by atoms with van der Waals surface area (Å²) >= 11 is 7.26. The molecule has 0 fully saturated rings. The van der Waals surface area contributed by atoms with E-state index in [1.165, 1.54) is 5.56 Å². The third-order valence-electron chi connectivity index (χ3n) is 5.23. The van der Waals surface area contributed by atoms with Crippen molar-refractivity contribution >= 4 is 34.2 Å². The molecule has 0 saturated carbocycles. The monoisotopic (exact) mass is 440 g/mol. The molecule has 6 nitrogen and oxygen atoms in total. The van der Waals surface area contributed by atoms with Gasteiger partial charge in [0.25, 0.3) is 5.89 Å². The van der Waals surface area contributed by atoms with E-state index in [1.54, 1.807) is 18.4 Å². The van der Waals surface area contributed by atoms with Crippen molar-refractivity contribution in [2.45, 2.75) is 26.3 Å². The number of thiocarbonyl (C=S) groups is 1. The first kappa shape index (κ1) is 20.7. The van der Waals surface area contributed by atoms with E-state index >= 15 is 0 Å². The van der Waals surface area contributed by atoms with E-state index in [0.29, 0.717) is 30.0 Å². The van der Waals surface area contributed by atoms with Crippen LogP contribution in [0.4, 0.5) is 0 Å². The molecule has 2 aromatic heterocycles. The number of nitrogens with one attached hydrogen (secondary N) is 1. The summed E-state index contributed by atoms with van der Waals surface area (Å²) < 4.78 is 11.0. The Morgan fingerprint density at radius 2 is 2.07 bits per heavy atom. The van der Waals surface area contributed by atoms with Gasteiger partial charge >= 0.3 is 0 Å². The summed E-state index contributed by atoms with van der Waals surface area (Å²) in [5, 5.41) is 10.4. The highest BCUT2D eigenvalue weighted by molar-refractivity contribution is 7.80. The summed E-state index contributed by atoms with van der Waals surface area (Å²) in [6.07, 6.45) is 0.997. The zero-order chi connectivity index (χ0) is 21.1. The summed E-state index contributed by atoms with van der Waals surface area (Å²) in [6.45, 7) is 5.40. The van der Waals surface area contributed by atoms with Gasteiger partial charge in [-0.2, -0.15) is 4.98 Å². The molecule has 1 aliphatic heterocycles. The number of rotatable bonds is 7. The normalized spacial score (nSPS) is 16.8. The Balaban J connectivity index is 1.78. The van der Waals surface area contributed by atoms with Gasteiger partial charge in [-0.3, -0.25) is 0 Å². The summed E-state index contributed by atoms with van der Waals surface area (Å²) in [5.74, 6) is 1.09. The zero-order valence-corrected chi connectivity index (χ0v) is 18.8. The van der Waals surface area contributed by atoms with Gasteiger partial charge < -0.3 is 19.5 Å². The fraction of sp³-hybridized carbons (Fsp3) is 0.318. The van der Waals surface area contributed by atoms with Crippen LogP contribution in [-0.2, 0) is 11.2 Å². The van der Waals surface area contributed by atoms with Crippen molar-refractivity contribution < 1.29 is 9.26 Å². The minimum Gasteiger partial charge on any atom is -0.383 e. The van der Waals surface area contributed by atoms with Crippen molar-refractivity contribution in [3.05, 3.63) is 64.5 Å². The van der Waals surface area contributed by atoms with Crippen molar-refractivity contribution in [3.63, 3.8) is 0 Å². The highest BCUT2D eigenvalue weighted by Gasteiger charge is 2.34. The molecule has 0 aliphatic carbocycles. The molecule has 156 valence electrons. The van der Waals surface area contributed by atoms with Crippen LogP contribution in [0.2, 0.25) is 0 Å². The number of allylic oxidation sites excluding steroid dienone is 1. The third kappa shape index (κ3) is 4.03. The topological polar surface area (TPSA) is 63.4 Å². The predicted octanol–water partition coefficient (Wildman–Crippen LogP) is 4.67. The van der Waals surface area contributed by atoms with Crippen molar-refractivity contribution in [2.24, 2.45) is 0 Å². The number of methoxy groups -OCH3 is 1. The summed E-state index contributed by atoms with van der Waals surface area (Å²) in [4.78, 5) is 7.71. The molecule has 8 heteroatoms. The van der Waals surface area contributed by atoms with Gasteiger partial charge in [0.15, 0.2) is 5.11 Å². The minimum absolute atomic E-state index is 0.168. The molecule has 0 amide bonds. The summed E-state index contributed by atoms with van der Waals surface area (Å²) in [5.41, 5.74) is 4.31. The second kappa shape index (κ2) is 9.07. The van der Waals surface area contributed by atoms with Gasteiger partial charge in [-0.05, 0) is 48.1 Å². The molecule has 0 saturated heterocycles.